The number of carbonyl (C=O) groups is 1. The molecule has 5 aromatic rings. The number of anilines is 1. The normalized spacial score (nSPS) is 11.1. The molecule has 1 N–H and O–H groups in total. The smallest absolute Gasteiger partial charge is 0.263 e. The lowest BCUT2D eigenvalue weighted by Gasteiger charge is -2.09. The first-order valence-electron chi connectivity index (χ1n) is 10.1. The summed E-state index contributed by atoms with van der Waals surface area (Å²) in [5.74, 6) is 0.154. The second-order valence-electron chi connectivity index (χ2n) is 7.47. The lowest BCUT2D eigenvalue weighted by atomic mass is 10.0. The van der Waals surface area contributed by atoms with Crippen molar-refractivity contribution in [1.82, 2.24) is 9.55 Å². The molecule has 0 saturated heterocycles. The predicted octanol–water partition coefficient (Wildman–Crippen LogP) is 5.58. The van der Waals surface area contributed by atoms with E-state index in [1.54, 1.807) is 18.2 Å². The molecule has 0 atom stereocenters. The van der Waals surface area contributed by atoms with Crippen molar-refractivity contribution in [1.29, 1.82) is 0 Å². The summed E-state index contributed by atoms with van der Waals surface area (Å²) in [6.45, 7) is -0.168. The van der Waals surface area contributed by atoms with Crippen LogP contribution in [0.5, 0.6) is 5.75 Å². The molecule has 33 heavy (non-hydrogen) atoms. The number of carbonyl (C=O) groups excluding carboxylic acids is 1. The zero-order chi connectivity index (χ0) is 22.9. The largest absolute Gasteiger partial charge is 0.495 e. The van der Waals surface area contributed by atoms with Gasteiger partial charge in [0.2, 0.25) is 5.91 Å². The molecule has 0 spiro atoms. The summed E-state index contributed by atoms with van der Waals surface area (Å²) in [5, 5.41) is 7.81. The number of nitrogens with zero attached hydrogens (tertiary/aromatic N) is 2. The van der Waals surface area contributed by atoms with Gasteiger partial charge >= 0.3 is 0 Å². The van der Waals surface area contributed by atoms with Gasteiger partial charge in [-0.2, -0.15) is 0 Å². The summed E-state index contributed by atoms with van der Waals surface area (Å²) in [6.07, 6.45) is 1.41. The summed E-state index contributed by atoms with van der Waals surface area (Å²) < 4.78 is 6.44. The number of amides is 1. The van der Waals surface area contributed by atoms with Crippen LogP contribution in [0.25, 0.3) is 32.1 Å². The lowest BCUT2D eigenvalue weighted by Crippen LogP contribution is -2.27. The SMILES string of the molecule is COc1ccc(NC(=O)Cn2cnc3scc(-c4ccc5ccccc5c4)c3c2=O)cc1Cl. The molecule has 164 valence electrons. The molecule has 6 nitrogen and oxygen atoms in total. The minimum absolute atomic E-state index is 0.168. The Morgan fingerprint density at radius 1 is 1.12 bits per heavy atom. The van der Waals surface area contributed by atoms with E-state index in [1.807, 2.05) is 41.8 Å². The minimum atomic E-state index is -0.359. The van der Waals surface area contributed by atoms with Gasteiger partial charge in [-0.05, 0) is 40.6 Å². The van der Waals surface area contributed by atoms with E-state index in [-0.39, 0.29) is 18.0 Å². The molecule has 1 amide bonds. The second-order valence-corrected chi connectivity index (χ2v) is 8.73. The number of fused-ring (bicyclic) bond motifs is 2. The maximum absolute atomic E-state index is 13.3. The zero-order valence-electron chi connectivity index (χ0n) is 17.5. The van der Waals surface area contributed by atoms with Crippen LogP contribution in [0.3, 0.4) is 0 Å². The van der Waals surface area contributed by atoms with E-state index in [0.29, 0.717) is 26.7 Å². The quantitative estimate of drug-likeness (QED) is 0.360. The van der Waals surface area contributed by atoms with Crippen LogP contribution in [-0.2, 0) is 11.3 Å². The molecule has 0 aliphatic carbocycles. The zero-order valence-corrected chi connectivity index (χ0v) is 19.1. The molecule has 0 aliphatic rings. The van der Waals surface area contributed by atoms with Gasteiger partial charge in [0.15, 0.2) is 0 Å². The maximum atomic E-state index is 13.3. The van der Waals surface area contributed by atoms with Crippen molar-refractivity contribution in [3.63, 3.8) is 0 Å². The summed E-state index contributed by atoms with van der Waals surface area (Å²) in [5.41, 5.74) is 2.01. The molecule has 0 radical (unpaired) electrons. The van der Waals surface area contributed by atoms with E-state index < -0.39 is 0 Å². The highest BCUT2D eigenvalue weighted by molar-refractivity contribution is 7.17. The molecule has 2 aromatic heterocycles. The van der Waals surface area contributed by atoms with Crippen molar-refractivity contribution in [2.45, 2.75) is 6.54 Å². The van der Waals surface area contributed by atoms with Crippen LogP contribution in [0, 0.1) is 0 Å². The van der Waals surface area contributed by atoms with Gasteiger partial charge in [-0.15, -0.1) is 11.3 Å². The standard InChI is InChI=1S/C25H18ClN3O3S/c1-32-21-9-8-18(11-20(21)26)28-22(30)12-29-14-27-24-23(25(29)31)19(13-33-24)17-7-6-15-4-2-3-5-16(15)10-17/h2-11,13-14H,12H2,1H3,(H,28,30). The Morgan fingerprint density at radius 3 is 2.73 bits per heavy atom. The molecule has 0 saturated carbocycles. The third-order valence-electron chi connectivity index (χ3n) is 5.37. The average molecular weight is 476 g/mol. The number of nitrogens with one attached hydrogen (secondary N) is 1. The van der Waals surface area contributed by atoms with E-state index in [9.17, 15) is 9.59 Å². The summed E-state index contributed by atoms with van der Waals surface area (Å²) in [4.78, 5) is 30.9. The van der Waals surface area contributed by atoms with Gasteiger partial charge < -0.3 is 10.1 Å². The number of ether oxygens (including phenoxy) is 1. The predicted molar refractivity (Wildman–Crippen MR) is 133 cm³/mol. The topological polar surface area (TPSA) is 73.2 Å². The molecule has 0 fully saturated rings. The average Bonchev–Trinajstić information content (AvgIpc) is 3.26. The summed E-state index contributed by atoms with van der Waals surface area (Å²) in [6, 6.07) is 19.1. The van der Waals surface area contributed by atoms with Crippen molar-refractivity contribution in [3.05, 3.63) is 87.7 Å². The number of hydrogen-bond donors (Lipinski definition) is 1. The van der Waals surface area contributed by atoms with Crippen molar-refractivity contribution in [2.75, 3.05) is 12.4 Å². The number of benzene rings is 3. The van der Waals surface area contributed by atoms with Gasteiger partial charge in [0.1, 0.15) is 17.1 Å². The van der Waals surface area contributed by atoms with Crippen molar-refractivity contribution >= 4 is 55.5 Å². The molecule has 0 unspecified atom stereocenters. The van der Waals surface area contributed by atoms with E-state index >= 15 is 0 Å². The third kappa shape index (κ3) is 4.08. The van der Waals surface area contributed by atoms with Crippen molar-refractivity contribution in [2.24, 2.45) is 0 Å². The van der Waals surface area contributed by atoms with Crippen LogP contribution in [0.15, 0.2) is 77.2 Å². The first-order valence-corrected chi connectivity index (χ1v) is 11.4. The number of rotatable bonds is 5. The summed E-state index contributed by atoms with van der Waals surface area (Å²) >= 11 is 7.53. The highest BCUT2D eigenvalue weighted by Crippen LogP contribution is 2.32. The lowest BCUT2D eigenvalue weighted by molar-refractivity contribution is -0.116. The first-order chi connectivity index (χ1) is 16.0. The van der Waals surface area contributed by atoms with Gasteiger partial charge in [0, 0.05) is 16.6 Å². The van der Waals surface area contributed by atoms with Crippen LogP contribution >= 0.6 is 22.9 Å². The van der Waals surface area contributed by atoms with Gasteiger partial charge in [0.25, 0.3) is 5.56 Å². The Bertz CT molecular complexity index is 1570. The number of thiophene rings is 1. The van der Waals surface area contributed by atoms with Gasteiger partial charge in [-0.1, -0.05) is 48.0 Å². The molecular formula is C25H18ClN3O3S. The third-order valence-corrected chi connectivity index (χ3v) is 6.55. The fraction of sp³-hybridized carbons (Fsp3) is 0.0800. The maximum Gasteiger partial charge on any atom is 0.263 e. The van der Waals surface area contributed by atoms with Gasteiger partial charge in [0.05, 0.1) is 23.8 Å². The molecule has 0 aliphatic heterocycles. The Labute approximate surface area is 198 Å². The Kier molecular flexibility index (Phi) is 5.58. The van der Waals surface area contributed by atoms with Crippen LogP contribution in [0.2, 0.25) is 5.02 Å². The fourth-order valence-electron chi connectivity index (χ4n) is 3.75. The van der Waals surface area contributed by atoms with Crippen LogP contribution in [-0.4, -0.2) is 22.6 Å². The van der Waals surface area contributed by atoms with Gasteiger partial charge in [-0.3, -0.25) is 14.2 Å². The van der Waals surface area contributed by atoms with E-state index in [4.69, 9.17) is 16.3 Å². The Balaban J connectivity index is 1.46. The number of hydrogen-bond acceptors (Lipinski definition) is 5. The van der Waals surface area contributed by atoms with Crippen LogP contribution < -0.4 is 15.6 Å². The van der Waals surface area contributed by atoms with E-state index in [0.717, 1.165) is 21.9 Å². The minimum Gasteiger partial charge on any atom is -0.495 e. The highest BCUT2D eigenvalue weighted by atomic mass is 35.5. The number of methoxy groups -OCH3 is 1. The van der Waals surface area contributed by atoms with E-state index in [2.05, 4.69) is 16.4 Å². The Hall–Kier alpha value is -3.68. The molecule has 0 bridgehead atoms. The monoisotopic (exact) mass is 475 g/mol. The fourth-order valence-corrected chi connectivity index (χ4v) is 4.91. The van der Waals surface area contributed by atoms with Crippen LogP contribution in [0.4, 0.5) is 5.69 Å². The van der Waals surface area contributed by atoms with Crippen molar-refractivity contribution < 1.29 is 9.53 Å². The Morgan fingerprint density at radius 2 is 1.94 bits per heavy atom. The number of aromatic nitrogens is 2. The molecular weight excluding hydrogens is 458 g/mol. The first kappa shape index (κ1) is 21.2. The molecule has 5 rings (SSSR count). The summed E-state index contributed by atoms with van der Waals surface area (Å²) in [7, 11) is 1.52. The number of halogens is 1. The second kappa shape index (κ2) is 8.69. The van der Waals surface area contributed by atoms with Gasteiger partial charge in [-0.25, -0.2) is 4.98 Å². The van der Waals surface area contributed by atoms with E-state index in [1.165, 1.54) is 29.3 Å². The van der Waals surface area contributed by atoms with Crippen molar-refractivity contribution in [3.8, 4) is 16.9 Å². The molecule has 8 heteroatoms. The van der Waals surface area contributed by atoms with Crippen LogP contribution in [0.1, 0.15) is 0 Å². The highest BCUT2D eigenvalue weighted by Gasteiger charge is 2.15. The molecule has 3 aromatic carbocycles. The molecule has 2 heterocycles.